The summed E-state index contributed by atoms with van der Waals surface area (Å²) >= 11 is 0.933. The van der Waals surface area contributed by atoms with Crippen LogP contribution in [0.5, 0.6) is 0 Å². The fourth-order valence-corrected chi connectivity index (χ4v) is 2.30. The van der Waals surface area contributed by atoms with Crippen LogP contribution in [0.1, 0.15) is 5.56 Å². The highest BCUT2D eigenvalue weighted by Crippen LogP contribution is 2.20. The van der Waals surface area contributed by atoms with E-state index in [1.54, 1.807) is 23.6 Å². The third-order valence-electron chi connectivity index (χ3n) is 2.52. The summed E-state index contributed by atoms with van der Waals surface area (Å²) in [5.41, 5.74) is 0.618. The van der Waals surface area contributed by atoms with Crippen LogP contribution in [-0.2, 0) is 4.79 Å². The van der Waals surface area contributed by atoms with Crippen molar-refractivity contribution in [3.63, 3.8) is 0 Å². The number of nitrogens with zero attached hydrogens (tertiary/aromatic N) is 2. The first-order chi connectivity index (χ1) is 9.47. The summed E-state index contributed by atoms with van der Waals surface area (Å²) in [5.74, 6) is -1.55. The van der Waals surface area contributed by atoms with Gasteiger partial charge < -0.3 is 5.11 Å². The van der Waals surface area contributed by atoms with Gasteiger partial charge in [0.15, 0.2) is 5.16 Å². The SMILES string of the molecule is Cc1cc(-n2ccc(=O)nc2SCC(=O)O)ccc1F. The Balaban J connectivity index is 2.46. The molecule has 1 aromatic carbocycles. The van der Waals surface area contributed by atoms with E-state index in [0.29, 0.717) is 11.3 Å². The van der Waals surface area contributed by atoms with Crippen LogP contribution in [-0.4, -0.2) is 26.4 Å². The molecular formula is C13H11FN2O3S. The monoisotopic (exact) mass is 294 g/mol. The highest BCUT2D eigenvalue weighted by atomic mass is 32.2. The summed E-state index contributed by atoms with van der Waals surface area (Å²) in [7, 11) is 0. The molecule has 0 aliphatic heterocycles. The lowest BCUT2D eigenvalue weighted by molar-refractivity contribution is -0.133. The zero-order chi connectivity index (χ0) is 14.7. The molecule has 5 nitrogen and oxygen atoms in total. The number of rotatable bonds is 4. The molecule has 1 heterocycles. The minimum Gasteiger partial charge on any atom is -0.481 e. The molecule has 0 unspecified atom stereocenters. The Hall–Kier alpha value is -2.15. The van der Waals surface area contributed by atoms with E-state index in [9.17, 15) is 14.0 Å². The van der Waals surface area contributed by atoms with Gasteiger partial charge in [-0.3, -0.25) is 14.2 Å². The Labute approximate surface area is 118 Å². The maximum absolute atomic E-state index is 13.3. The lowest BCUT2D eigenvalue weighted by Gasteiger charge is -2.11. The average molecular weight is 294 g/mol. The zero-order valence-corrected chi connectivity index (χ0v) is 11.4. The lowest BCUT2D eigenvalue weighted by Crippen LogP contribution is -2.13. The molecule has 0 radical (unpaired) electrons. The zero-order valence-electron chi connectivity index (χ0n) is 10.5. The highest BCUT2D eigenvalue weighted by Gasteiger charge is 2.09. The van der Waals surface area contributed by atoms with Gasteiger partial charge in [-0.05, 0) is 30.7 Å². The molecule has 7 heteroatoms. The first-order valence-electron chi connectivity index (χ1n) is 5.68. The second-order valence-electron chi connectivity index (χ2n) is 4.03. The van der Waals surface area contributed by atoms with Gasteiger partial charge in [0, 0.05) is 18.0 Å². The van der Waals surface area contributed by atoms with Crippen LogP contribution < -0.4 is 5.56 Å². The molecule has 2 rings (SSSR count). The lowest BCUT2D eigenvalue weighted by atomic mass is 10.2. The molecule has 0 saturated heterocycles. The molecule has 104 valence electrons. The molecule has 0 amide bonds. The molecule has 0 atom stereocenters. The molecule has 2 aromatic rings. The van der Waals surface area contributed by atoms with Crippen molar-refractivity contribution in [1.82, 2.24) is 9.55 Å². The van der Waals surface area contributed by atoms with Gasteiger partial charge in [-0.25, -0.2) is 4.39 Å². The second-order valence-corrected chi connectivity index (χ2v) is 4.98. The smallest absolute Gasteiger partial charge is 0.313 e. The number of aromatic nitrogens is 2. The van der Waals surface area contributed by atoms with Crippen molar-refractivity contribution < 1.29 is 14.3 Å². The van der Waals surface area contributed by atoms with E-state index in [0.717, 1.165) is 11.8 Å². The quantitative estimate of drug-likeness (QED) is 0.688. The molecule has 1 N–H and O–H groups in total. The molecule has 0 aliphatic rings. The Morgan fingerprint density at radius 2 is 2.20 bits per heavy atom. The standard InChI is InChI=1S/C13H11FN2O3S/c1-8-6-9(2-3-10(8)14)16-5-4-11(17)15-13(16)20-7-12(18)19/h2-6H,7H2,1H3,(H,18,19). The van der Waals surface area contributed by atoms with Crippen molar-refractivity contribution in [3.05, 3.63) is 52.2 Å². The van der Waals surface area contributed by atoms with Crippen LogP contribution in [0.2, 0.25) is 0 Å². The fourth-order valence-electron chi connectivity index (χ4n) is 1.59. The van der Waals surface area contributed by atoms with E-state index < -0.39 is 11.5 Å². The maximum atomic E-state index is 13.3. The van der Waals surface area contributed by atoms with Crippen molar-refractivity contribution in [3.8, 4) is 5.69 Å². The van der Waals surface area contributed by atoms with E-state index in [-0.39, 0.29) is 16.7 Å². The minimum absolute atomic E-state index is 0.212. The Kier molecular flexibility index (Phi) is 4.19. The molecule has 0 bridgehead atoms. The van der Waals surface area contributed by atoms with E-state index >= 15 is 0 Å². The van der Waals surface area contributed by atoms with Crippen molar-refractivity contribution in [2.24, 2.45) is 0 Å². The van der Waals surface area contributed by atoms with Gasteiger partial charge in [0.05, 0.1) is 5.75 Å². The van der Waals surface area contributed by atoms with Gasteiger partial charge >= 0.3 is 5.97 Å². The summed E-state index contributed by atoms with van der Waals surface area (Å²) in [5, 5.41) is 8.96. The Bertz CT molecular complexity index is 715. The van der Waals surface area contributed by atoms with Gasteiger partial charge in [0.1, 0.15) is 5.82 Å². The Morgan fingerprint density at radius 1 is 1.45 bits per heavy atom. The van der Waals surface area contributed by atoms with Gasteiger partial charge in [0.2, 0.25) is 0 Å². The van der Waals surface area contributed by atoms with Crippen molar-refractivity contribution in [1.29, 1.82) is 0 Å². The van der Waals surface area contributed by atoms with Crippen molar-refractivity contribution in [2.75, 3.05) is 5.75 Å². The van der Waals surface area contributed by atoms with Crippen molar-refractivity contribution >= 4 is 17.7 Å². The van der Waals surface area contributed by atoms with E-state index in [1.807, 2.05) is 0 Å². The predicted octanol–water partition coefficient (Wildman–Crippen LogP) is 1.86. The fraction of sp³-hybridized carbons (Fsp3) is 0.154. The number of aliphatic carboxylic acids is 1. The number of carboxylic acids is 1. The van der Waals surface area contributed by atoms with Crippen LogP contribution in [0, 0.1) is 12.7 Å². The number of thioether (sulfide) groups is 1. The summed E-state index contributed by atoms with van der Waals surface area (Å²) in [6.07, 6.45) is 1.49. The molecule has 1 aromatic heterocycles. The van der Waals surface area contributed by atoms with Crippen LogP contribution in [0.3, 0.4) is 0 Å². The molecule has 0 fully saturated rings. The molecule has 0 spiro atoms. The minimum atomic E-state index is -1.00. The number of halogens is 1. The second kappa shape index (κ2) is 5.87. The van der Waals surface area contributed by atoms with Crippen LogP contribution >= 0.6 is 11.8 Å². The number of benzene rings is 1. The van der Waals surface area contributed by atoms with Gasteiger partial charge in [0.25, 0.3) is 5.56 Å². The Morgan fingerprint density at radius 3 is 2.85 bits per heavy atom. The molecule has 0 saturated carbocycles. The number of hydrogen-bond acceptors (Lipinski definition) is 4. The third kappa shape index (κ3) is 3.24. The average Bonchev–Trinajstić information content (AvgIpc) is 2.40. The molecule has 0 aliphatic carbocycles. The highest BCUT2D eigenvalue weighted by molar-refractivity contribution is 7.99. The first-order valence-corrected chi connectivity index (χ1v) is 6.67. The van der Waals surface area contributed by atoms with Crippen LogP contribution in [0.15, 0.2) is 40.4 Å². The predicted molar refractivity (Wildman–Crippen MR) is 72.9 cm³/mol. The summed E-state index contributed by atoms with van der Waals surface area (Å²) < 4.78 is 14.8. The van der Waals surface area contributed by atoms with Crippen LogP contribution in [0.4, 0.5) is 4.39 Å². The molecular weight excluding hydrogens is 283 g/mol. The van der Waals surface area contributed by atoms with Gasteiger partial charge in [-0.2, -0.15) is 4.98 Å². The normalized spacial score (nSPS) is 10.5. The molecule has 20 heavy (non-hydrogen) atoms. The summed E-state index contributed by atoms with van der Waals surface area (Å²) in [6.45, 7) is 1.62. The van der Waals surface area contributed by atoms with Crippen LogP contribution in [0.25, 0.3) is 5.69 Å². The van der Waals surface area contributed by atoms with E-state index in [1.165, 1.54) is 18.3 Å². The van der Waals surface area contributed by atoms with E-state index in [4.69, 9.17) is 5.11 Å². The number of carbonyl (C=O) groups is 1. The van der Waals surface area contributed by atoms with Gasteiger partial charge in [-0.1, -0.05) is 11.8 Å². The topological polar surface area (TPSA) is 72.2 Å². The summed E-state index contributed by atoms with van der Waals surface area (Å²) in [4.78, 5) is 25.7. The van der Waals surface area contributed by atoms with E-state index in [2.05, 4.69) is 4.98 Å². The number of aryl methyl sites for hydroxylation is 1. The maximum Gasteiger partial charge on any atom is 0.313 e. The van der Waals surface area contributed by atoms with Crippen molar-refractivity contribution in [2.45, 2.75) is 12.1 Å². The number of hydrogen-bond donors (Lipinski definition) is 1. The van der Waals surface area contributed by atoms with Gasteiger partial charge in [-0.15, -0.1) is 0 Å². The third-order valence-corrected chi connectivity index (χ3v) is 3.46. The number of carboxylic acid groups (broad SMARTS) is 1. The summed E-state index contributed by atoms with van der Waals surface area (Å²) in [6, 6.07) is 5.73. The first kappa shape index (κ1) is 14.3. The largest absolute Gasteiger partial charge is 0.481 e.